The van der Waals surface area contributed by atoms with Gasteiger partial charge in [0, 0.05) is 9.13 Å². The molecule has 1 rings (SSSR count). The van der Waals surface area contributed by atoms with Crippen molar-refractivity contribution in [1.82, 2.24) is 0 Å². The van der Waals surface area contributed by atoms with Gasteiger partial charge in [0.25, 0.3) is 5.24 Å². The lowest BCUT2D eigenvalue weighted by Crippen LogP contribution is -1.94. The molecule has 1 nitrogen and oxygen atoms in total. The number of hydrogen-bond donors (Lipinski definition) is 0. The molecule has 12 heavy (non-hydrogen) atoms. The van der Waals surface area contributed by atoms with Crippen LogP contribution in [0, 0.1) is 9.39 Å². The first-order valence-electron chi connectivity index (χ1n) is 2.86. The van der Waals surface area contributed by atoms with E-state index in [-0.39, 0.29) is 4.47 Å². The zero-order chi connectivity index (χ0) is 9.30. The highest BCUT2D eigenvalue weighted by Gasteiger charge is 2.10. The van der Waals surface area contributed by atoms with Gasteiger partial charge >= 0.3 is 0 Å². The van der Waals surface area contributed by atoms with Crippen LogP contribution in [0.3, 0.4) is 0 Å². The van der Waals surface area contributed by atoms with Gasteiger partial charge < -0.3 is 0 Å². The van der Waals surface area contributed by atoms with Crippen LogP contribution in [0.5, 0.6) is 0 Å². The molecular weight excluding hydrogens is 361 g/mol. The van der Waals surface area contributed by atoms with Gasteiger partial charge in [-0.2, -0.15) is 0 Å². The van der Waals surface area contributed by atoms with Gasteiger partial charge in [-0.3, -0.25) is 4.79 Å². The van der Waals surface area contributed by atoms with E-state index in [1.54, 1.807) is 0 Å². The molecule has 0 atom stereocenters. The van der Waals surface area contributed by atoms with Crippen LogP contribution in [0.15, 0.2) is 16.6 Å². The van der Waals surface area contributed by atoms with E-state index in [2.05, 4.69) is 15.9 Å². The predicted octanol–water partition coefficient (Wildman–Crippen LogP) is 3.57. The van der Waals surface area contributed by atoms with Gasteiger partial charge in [0.05, 0.1) is 4.47 Å². The molecule has 1 aromatic carbocycles. The summed E-state index contributed by atoms with van der Waals surface area (Å²) in [4.78, 5) is 10.7. The van der Waals surface area contributed by atoms with Crippen molar-refractivity contribution in [2.45, 2.75) is 0 Å². The first-order valence-corrected chi connectivity index (χ1v) is 5.11. The predicted molar refractivity (Wildman–Crippen MR) is 57.0 cm³/mol. The van der Waals surface area contributed by atoms with Crippen LogP contribution >= 0.6 is 50.1 Å². The molecule has 0 aliphatic carbocycles. The first kappa shape index (κ1) is 10.4. The molecule has 0 N–H and O–H groups in total. The van der Waals surface area contributed by atoms with Crippen molar-refractivity contribution in [2.24, 2.45) is 0 Å². The van der Waals surface area contributed by atoms with Gasteiger partial charge in [0.1, 0.15) is 5.82 Å². The van der Waals surface area contributed by atoms with Gasteiger partial charge in [-0.05, 0) is 62.3 Å². The highest BCUT2D eigenvalue weighted by molar-refractivity contribution is 14.1. The second kappa shape index (κ2) is 4.02. The molecular formula is C7H2BrClFIO. The lowest BCUT2D eigenvalue weighted by Gasteiger charge is -2.00. The average molecular weight is 363 g/mol. The summed E-state index contributed by atoms with van der Waals surface area (Å²) in [5, 5.41) is -0.583. The molecule has 0 radical (unpaired) electrons. The van der Waals surface area contributed by atoms with Crippen LogP contribution in [0.4, 0.5) is 4.39 Å². The van der Waals surface area contributed by atoms with Crippen molar-refractivity contribution in [3.05, 3.63) is 31.6 Å². The highest BCUT2D eigenvalue weighted by atomic mass is 127. The van der Waals surface area contributed by atoms with Crippen LogP contribution in [-0.4, -0.2) is 5.24 Å². The largest absolute Gasteiger partial charge is 0.276 e. The van der Waals surface area contributed by atoms with Crippen molar-refractivity contribution in [3.63, 3.8) is 0 Å². The van der Waals surface area contributed by atoms with E-state index in [4.69, 9.17) is 11.6 Å². The summed E-state index contributed by atoms with van der Waals surface area (Å²) in [5.41, 5.74) is 0.311. The third kappa shape index (κ3) is 2.17. The summed E-state index contributed by atoms with van der Waals surface area (Å²) in [6, 6.07) is 2.62. The van der Waals surface area contributed by atoms with Crippen molar-refractivity contribution in [1.29, 1.82) is 0 Å². The Kier molecular flexibility index (Phi) is 3.48. The molecule has 0 amide bonds. The van der Waals surface area contributed by atoms with Crippen LogP contribution < -0.4 is 0 Å². The third-order valence-corrected chi connectivity index (χ3v) is 2.93. The Morgan fingerprint density at radius 2 is 2.17 bits per heavy atom. The van der Waals surface area contributed by atoms with Crippen LogP contribution in [0.25, 0.3) is 0 Å². The summed E-state index contributed by atoms with van der Waals surface area (Å²) in [6.07, 6.45) is 0. The van der Waals surface area contributed by atoms with Gasteiger partial charge in [0.15, 0.2) is 0 Å². The Bertz CT molecular complexity index is 342. The van der Waals surface area contributed by atoms with E-state index in [0.29, 0.717) is 9.13 Å². The minimum absolute atomic E-state index is 0.243. The fourth-order valence-corrected chi connectivity index (χ4v) is 2.01. The molecule has 1 aromatic rings. The first-order chi connectivity index (χ1) is 5.52. The quantitative estimate of drug-likeness (QED) is 0.424. The van der Waals surface area contributed by atoms with E-state index in [1.165, 1.54) is 12.1 Å². The zero-order valence-corrected chi connectivity index (χ0v) is 10.1. The van der Waals surface area contributed by atoms with Gasteiger partial charge in [-0.1, -0.05) is 0 Å². The number of halogens is 4. The van der Waals surface area contributed by atoms with E-state index < -0.39 is 11.1 Å². The van der Waals surface area contributed by atoms with E-state index >= 15 is 0 Å². The Labute approximate surface area is 95.6 Å². The SMILES string of the molecule is O=C(Cl)c1cc(Br)c(F)cc1I. The molecule has 0 saturated carbocycles. The lowest BCUT2D eigenvalue weighted by molar-refractivity contribution is 0.108. The molecule has 5 heteroatoms. The molecule has 0 heterocycles. The second-order valence-electron chi connectivity index (χ2n) is 2.02. The number of benzene rings is 1. The number of rotatable bonds is 1. The Morgan fingerprint density at radius 1 is 1.58 bits per heavy atom. The molecule has 0 bridgehead atoms. The molecule has 64 valence electrons. The van der Waals surface area contributed by atoms with Crippen molar-refractivity contribution < 1.29 is 9.18 Å². The van der Waals surface area contributed by atoms with Crippen LogP contribution in [0.1, 0.15) is 10.4 Å². The summed E-state index contributed by atoms with van der Waals surface area (Å²) in [6.45, 7) is 0. The fourth-order valence-electron chi connectivity index (χ4n) is 0.673. The third-order valence-electron chi connectivity index (χ3n) is 1.22. The second-order valence-corrected chi connectivity index (χ2v) is 4.38. The molecule has 0 aliphatic rings. The minimum atomic E-state index is -0.583. The lowest BCUT2D eigenvalue weighted by atomic mass is 10.2. The van der Waals surface area contributed by atoms with E-state index in [9.17, 15) is 9.18 Å². The Morgan fingerprint density at radius 3 is 2.67 bits per heavy atom. The van der Waals surface area contributed by atoms with Gasteiger partial charge in [-0.25, -0.2) is 4.39 Å². The maximum Gasteiger partial charge on any atom is 0.253 e. The fraction of sp³-hybridized carbons (Fsp3) is 0. The van der Waals surface area contributed by atoms with Gasteiger partial charge in [-0.15, -0.1) is 0 Å². The maximum absolute atomic E-state index is 12.8. The molecule has 0 fully saturated rings. The standard InChI is InChI=1S/C7H2BrClFIO/c8-4-1-3(7(9)12)6(11)2-5(4)10/h1-2H. The number of hydrogen-bond acceptors (Lipinski definition) is 1. The molecule has 0 aromatic heterocycles. The summed E-state index contributed by atoms with van der Waals surface area (Å²) < 4.78 is 13.6. The van der Waals surface area contributed by atoms with Crippen LogP contribution in [-0.2, 0) is 0 Å². The topological polar surface area (TPSA) is 17.1 Å². The van der Waals surface area contributed by atoms with Crippen molar-refractivity contribution in [3.8, 4) is 0 Å². The summed E-state index contributed by atoms with van der Waals surface area (Å²) in [5.74, 6) is -0.402. The Balaban J connectivity index is 3.33. The minimum Gasteiger partial charge on any atom is -0.276 e. The summed E-state index contributed by atoms with van der Waals surface area (Å²) in [7, 11) is 0. The maximum atomic E-state index is 12.8. The van der Waals surface area contributed by atoms with Crippen LogP contribution in [0.2, 0.25) is 0 Å². The molecule has 0 unspecified atom stereocenters. The normalized spacial score (nSPS) is 10.0. The van der Waals surface area contributed by atoms with E-state index in [0.717, 1.165) is 0 Å². The monoisotopic (exact) mass is 362 g/mol. The highest BCUT2D eigenvalue weighted by Crippen LogP contribution is 2.23. The van der Waals surface area contributed by atoms with Crippen molar-refractivity contribution in [2.75, 3.05) is 0 Å². The number of carbonyl (C=O) groups is 1. The summed E-state index contributed by atoms with van der Waals surface area (Å²) >= 11 is 10.1. The van der Waals surface area contributed by atoms with E-state index in [1.807, 2.05) is 22.6 Å². The molecule has 0 aliphatic heterocycles. The molecule has 0 saturated heterocycles. The zero-order valence-electron chi connectivity index (χ0n) is 5.57. The number of carbonyl (C=O) groups excluding carboxylic acids is 1. The van der Waals surface area contributed by atoms with Crippen molar-refractivity contribution >= 4 is 55.4 Å². The smallest absolute Gasteiger partial charge is 0.253 e. The van der Waals surface area contributed by atoms with Gasteiger partial charge in [0.2, 0.25) is 0 Å². The Hall–Kier alpha value is 0.320. The molecule has 0 spiro atoms. The average Bonchev–Trinajstić information content (AvgIpc) is 1.96.